The summed E-state index contributed by atoms with van der Waals surface area (Å²) in [6.07, 6.45) is 4.00. The molecule has 0 atom stereocenters. The predicted octanol–water partition coefficient (Wildman–Crippen LogP) is 4.08. The van der Waals surface area contributed by atoms with Crippen LogP contribution < -0.4 is 4.90 Å². The van der Waals surface area contributed by atoms with Crippen molar-refractivity contribution in [1.29, 1.82) is 0 Å². The summed E-state index contributed by atoms with van der Waals surface area (Å²) in [5.41, 5.74) is 2.46. The van der Waals surface area contributed by atoms with Crippen LogP contribution in [0.15, 0.2) is 61.1 Å². The fraction of sp³-hybridized carbons (Fsp3) is 0.231. The number of hydrogen-bond acceptors (Lipinski definition) is 5. The number of piperazine rings is 1. The van der Waals surface area contributed by atoms with E-state index < -0.39 is 5.82 Å². The molecular formula is C26H23F3N6O. The van der Waals surface area contributed by atoms with Gasteiger partial charge >= 0.3 is 0 Å². The van der Waals surface area contributed by atoms with Crippen molar-refractivity contribution >= 4 is 11.9 Å². The van der Waals surface area contributed by atoms with Crippen LogP contribution in [-0.4, -0.2) is 56.5 Å². The van der Waals surface area contributed by atoms with Crippen molar-refractivity contribution in [3.8, 4) is 22.6 Å². The first-order chi connectivity index (χ1) is 17.4. The topological polar surface area (TPSA) is 67.2 Å². The van der Waals surface area contributed by atoms with E-state index in [0.717, 1.165) is 18.0 Å². The lowest BCUT2D eigenvalue weighted by Gasteiger charge is -2.34. The number of aromatic nitrogens is 4. The monoisotopic (exact) mass is 492 g/mol. The van der Waals surface area contributed by atoms with E-state index in [0.29, 0.717) is 54.8 Å². The highest BCUT2D eigenvalue weighted by molar-refractivity contribution is 5.78. The number of carbonyl (C=O) groups excluding carboxylic acids is 1. The molecule has 1 amide bonds. The zero-order valence-electron chi connectivity index (χ0n) is 19.5. The largest absolute Gasteiger partial charge is 0.338 e. The van der Waals surface area contributed by atoms with Crippen LogP contribution in [-0.2, 0) is 11.3 Å². The average molecular weight is 493 g/mol. The normalized spacial score (nSPS) is 13.8. The van der Waals surface area contributed by atoms with E-state index in [1.807, 2.05) is 4.90 Å². The SMILES string of the molecule is Cc1cc(-c2cn(CC(=O)N3CCN(c4ncc(F)cn4)CC3)c(-c3ccc(F)cc3)n2)ccc1F. The molecule has 4 aromatic rings. The molecule has 1 saturated heterocycles. The molecule has 2 aromatic heterocycles. The van der Waals surface area contributed by atoms with E-state index in [4.69, 9.17) is 4.98 Å². The number of rotatable bonds is 5. The Hall–Kier alpha value is -4.21. The fourth-order valence-electron chi connectivity index (χ4n) is 4.18. The number of halogens is 3. The number of amides is 1. The molecule has 184 valence electrons. The van der Waals surface area contributed by atoms with Crippen LogP contribution in [0, 0.1) is 24.4 Å². The van der Waals surface area contributed by atoms with Crippen LogP contribution in [0.1, 0.15) is 5.56 Å². The number of imidazole rings is 1. The summed E-state index contributed by atoms with van der Waals surface area (Å²) in [6.45, 7) is 3.68. The lowest BCUT2D eigenvalue weighted by atomic mass is 10.1. The maximum Gasteiger partial charge on any atom is 0.242 e. The number of anilines is 1. The summed E-state index contributed by atoms with van der Waals surface area (Å²) in [5, 5.41) is 0. The lowest BCUT2D eigenvalue weighted by molar-refractivity contribution is -0.132. The highest BCUT2D eigenvalue weighted by atomic mass is 19.1. The van der Waals surface area contributed by atoms with Crippen LogP contribution in [0.5, 0.6) is 0 Å². The molecule has 1 aliphatic rings. The summed E-state index contributed by atoms with van der Waals surface area (Å²) < 4.78 is 42.2. The lowest BCUT2D eigenvalue weighted by Crippen LogP contribution is -2.50. The Morgan fingerprint density at radius 3 is 2.22 bits per heavy atom. The molecule has 0 spiro atoms. The average Bonchev–Trinajstić information content (AvgIpc) is 3.30. The Kier molecular flexibility index (Phi) is 6.41. The summed E-state index contributed by atoms with van der Waals surface area (Å²) in [7, 11) is 0. The second-order valence-electron chi connectivity index (χ2n) is 8.62. The standard InChI is InChI=1S/C26H23F3N6O/c1-17-12-19(4-7-22(17)29)23-15-35(25(32-23)18-2-5-20(27)6-3-18)16-24(36)33-8-10-34(11-9-33)26-30-13-21(28)14-31-26/h2-7,12-15H,8-11,16H2,1H3. The number of nitrogens with zero attached hydrogens (tertiary/aromatic N) is 6. The first-order valence-corrected chi connectivity index (χ1v) is 11.5. The highest BCUT2D eigenvalue weighted by Crippen LogP contribution is 2.27. The molecule has 0 aliphatic carbocycles. The van der Waals surface area contributed by atoms with Crippen LogP contribution in [0.2, 0.25) is 0 Å². The van der Waals surface area contributed by atoms with Crippen LogP contribution in [0.4, 0.5) is 19.1 Å². The maximum absolute atomic E-state index is 13.8. The van der Waals surface area contributed by atoms with E-state index in [1.165, 1.54) is 18.2 Å². The molecule has 1 fully saturated rings. The molecular weight excluding hydrogens is 469 g/mol. The van der Waals surface area contributed by atoms with Crippen molar-refractivity contribution in [2.75, 3.05) is 31.1 Å². The molecule has 0 radical (unpaired) electrons. The summed E-state index contributed by atoms with van der Waals surface area (Å²) >= 11 is 0. The molecule has 2 aromatic carbocycles. The van der Waals surface area contributed by atoms with E-state index in [1.54, 1.807) is 46.9 Å². The number of carbonyl (C=O) groups is 1. The molecule has 1 aliphatic heterocycles. The predicted molar refractivity (Wildman–Crippen MR) is 129 cm³/mol. The Labute approximate surface area is 205 Å². The first-order valence-electron chi connectivity index (χ1n) is 11.5. The van der Waals surface area contributed by atoms with Crippen LogP contribution in [0.25, 0.3) is 22.6 Å². The van der Waals surface area contributed by atoms with Crippen LogP contribution in [0.3, 0.4) is 0 Å². The third-order valence-electron chi connectivity index (χ3n) is 6.16. The minimum absolute atomic E-state index is 0.0347. The van der Waals surface area contributed by atoms with Gasteiger partial charge in [-0.2, -0.15) is 0 Å². The van der Waals surface area contributed by atoms with Gasteiger partial charge in [0.05, 0.1) is 18.1 Å². The molecule has 0 N–H and O–H groups in total. The smallest absolute Gasteiger partial charge is 0.242 e. The number of hydrogen-bond donors (Lipinski definition) is 0. The van der Waals surface area contributed by atoms with Crippen molar-refractivity contribution in [2.24, 2.45) is 0 Å². The zero-order chi connectivity index (χ0) is 25.2. The number of benzene rings is 2. The van der Waals surface area contributed by atoms with Crippen molar-refractivity contribution in [3.05, 3.63) is 84.1 Å². The molecule has 0 bridgehead atoms. The summed E-state index contributed by atoms with van der Waals surface area (Å²) in [6, 6.07) is 10.6. The molecule has 10 heteroatoms. The van der Waals surface area contributed by atoms with Gasteiger partial charge < -0.3 is 14.4 Å². The third-order valence-corrected chi connectivity index (χ3v) is 6.16. The van der Waals surface area contributed by atoms with Crippen LogP contribution >= 0.6 is 0 Å². The van der Waals surface area contributed by atoms with Crippen molar-refractivity contribution in [3.63, 3.8) is 0 Å². The second-order valence-corrected chi connectivity index (χ2v) is 8.62. The van der Waals surface area contributed by atoms with Gasteiger partial charge in [0, 0.05) is 43.5 Å². The van der Waals surface area contributed by atoms with Gasteiger partial charge in [-0.15, -0.1) is 0 Å². The highest BCUT2D eigenvalue weighted by Gasteiger charge is 2.24. The maximum atomic E-state index is 13.8. The van der Waals surface area contributed by atoms with E-state index in [2.05, 4.69) is 9.97 Å². The molecule has 3 heterocycles. The fourth-order valence-corrected chi connectivity index (χ4v) is 4.18. The molecule has 7 nitrogen and oxygen atoms in total. The van der Waals surface area contributed by atoms with Gasteiger partial charge in [0.2, 0.25) is 11.9 Å². The zero-order valence-corrected chi connectivity index (χ0v) is 19.5. The minimum Gasteiger partial charge on any atom is -0.338 e. The Bertz CT molecular complexity index is 1380. The third kappa shape index (κ3) is 4.93. The van der Waals surface area contributed by atoms with Gasteiger partial charge in [-0.1, -0.05) is 0 Å². The first kappa shape index (κ1) is 23.5. The van der Waals surface area contributed by atoms with Crippen molar-refractivity contribution in [2.45, 2.75) is 13.5 Å². The van der Waals surface area contributed by atoms with Gasteiger partial charge in [-0.05, 0) is 55.0 Å². The Balaban J connectivity index is 1.36. The van der Waals surface area contributed by atoms with Gasteiger partial charge in [-0.3, -0.25) is 4.79 Å². The van der Waals surface area contributed by atoms with Gasteiger partial charge in [-0.25, -0.2) is 28.1 Å². The quantitative estimate of drug-likeness (QED) is 0.420. The number of aryl methyl sites for hydroxylation is 1. The Morgan fingerprint density at radius 1 is 0.889 bits per heavy atom. The molecule has 5 rings (SSSR count). The van der Waals surface area contributed by atoms with Crippen molar-refractivity contribution < 1.29 is 18.0 Å². The second kappa shape index (κ2) is 9.80. The van der Waals surface area contributed by atoms with Gasteiger partial charge in [0.1, 0.15) is 24.0 Å². The Morgan fingerprint density at radius 2 is 1.56 bits per heavy atom. The van der Waals surface area contributed by atoms with E-state index >= 15 is 0 Å². The minimum atomic E-state index is -0.500. The van der Waals surface area contributed by atoms with Gasteiger partial charge in [0.15, 0.2) is 5.82 Å². The molecule has 36 heavy (non-hydrogen) atoms. The van der Waals surface area contributed by atoms with E-state index in [-0.39, 0.29) is 24.1 Å². The van der Waals surface area contributed by atoms with E-state index in [9.17, 15) is 18.0 Å². The molecule has 0 unspecified atom stereocenters. The summed E-state index contributed by atoms with van der Waals surface area (Å²) in [4.78, 5) is 29.6. The molecule has 0 saturated carbocycles. The summed E-state index contributed by atoms with van der Waals surface area (Å²) in [5.74, 6) is -0.338. The van der Waals surface area contributed by atoms with Crippen molar-refractivity contribution in [1.82, 2.24) is 24.4 Å². The van der Waals surface area contributed by atoms with Gasteiger partial charge in [0.25, 0.3) is 0 Å².